The van der Waals surface area contributed by atoms with E-state index in [1.165, 1.54) is 5.56 Å². The molecule has 0 saturated carbocycles. The number of rotatable bonds is 7. The zero-order valence-electron chi connectivity index (χ0n) is 10.0. The molecular weight excluding hydrogens is 282 g/mol. The van der Waals surface area contributed by atoms with Crippen LogP contribution in [0.5, 0.6) is 0 Å². The van der Waals surface area contributed by atoms with Crippen molar-refractivity contribution >= 4 is 21.9 Å². The molecule has 0 spiro atoms. The number of hydrogen-bond donors (Lipinski definition) is 1. The van der Waals surface area contributed by atoms with E-state index in [2.05, 4.69) is 33.0 Å². The van der Waals surface area contributed by atoms with Gasteiger partial charge < -0.3 is 10.0 Å². The van der Waals surface area contributed by atoms with Crippen molar-refractivity contribution in [3.8, 4) is 0 Å². The number of carbonyl (C=O) groups is 1. The fraction of sp³-hybridized carbons (Fsp3) is 0.462. The van der Waals surface area contributed by atoms with Gasteiger partial charge in [0.05, 0.1) is 0 Å². The maximum atomic E-state index is 10.4. The Kier molecular flexibility index (Phi) is 6.22. The van der Waals surface area contributed by atoms with Crippen LogP contribution in [-0.2, 0) is 11.2 Å². The molecule has 1 rings (SSSR count). The molecule has 3 nitrogen and oxygen atoms in total. The second-order valence-electron chi connectivity index (χ2n) is 4.18. The standard InChI is InChI=1S/C13H18BrNO2/c1-15(9-2-3-13(16)17)10-8-11-4-6-12(14)7-5-11/h4-7H,2-3,8-10H2,1H3,(H,16,17). The van der Waals surface area contributed by atoms with Gasteiger partial charge in [0.25, 0.3) is 0 Å². The monoisotopic (exact) mass is 299 g/mol. The van der Waals surface area contributed by atoms with Gasteiger partial charge in [-0.15, -0.1) is 0 Å². The Bertz CT molecular complexity index is 351. The van der Waals surface area contributed by atoms with Gasteiger partial charge in [-0.1, -0.05) is 28.1 Å². The third-order valence-corrected chi connectivity index (χ3v) is 3.15. The summed E-state index contributed by atoms with van der Waals surface area (Å²) in [6.07, 6.45) is 1.96. The molecule has 17 heavy (non-hydrogen) atoms. The highest BCUT2D eigenvalue weighted by Gasteiger charge is 2.02. The average Bonchev–Trinajstić information content (AvgIpc) is 2.28. The summed E-state index contributed by atoms with van der Waals surface area (Å²) >= 11 is 3.41. The minimum Gasteiger partial charge on any atom is -0.481 e. The van der Waals surface area contributed by atoms with Crippen LogP contribution >= 0.6 is 15.9 Å². The van der Waals surface area contributed by atoms with Gasteiger partial charge in [0, 0.05) is 17.4 Å². The predicted octanol–water partition coefficient (Wildman–Crippen LogP) is 2.79. The first-order chi connectivity index (χ1) is 8.08. The summed E-state index contributed by atoms with van der Waals surface area (Å²) in [7, 11) is 2.03. The van der Waals surface area contributed by atoms with Gasteiger partial charge >= 0.3 is 5.97 Å². The first-order valence-electron chi connectivity index (χ1n) is 5.72. The zero-order valence-corrected chi connectivity index (χ0v) is 11.6. The molecule has 0 aliphatic rings. The summed E-state index contributed by atoms with van der Waals surface area (Å²) in [6.45, 7) is 1.80. The topological polar surface area (TPSA) is 40.5 Å². The van der Waals surface area contributed by atoms with E-state index < -0.39 is 5.97 Å². The summed E-state index contributed by atoms with van der Waals surface area (Å²) in [4.78, 5) is 12.5. The van der Waals surface area contributed by atoms with Gasteiger partial charge in [-0.25, -0.2) is 0 Å². The van der Waals surface area contributed by atoms with Crippen molar-refractivity contribution < 1.29 is 9.90 Å². The largest absolute Gasteiger partial charge is 0.481 e. The summed E-state index contributed by atoms with van der Waals surface area (Å²) in [5.41, 5.74) is 1.30. The molecule has 0 unspecified atom stereocenters. The maximum absolute atomic E-state index is 10.4. The third-order valence-electron chi connectivity index (χ3n) is 2.63. The van der Waals surface area contributed by atoms with Crippen LogP contribution in [0.1, 0.15) is 18.4 Å². The molecular formula is C13H18BrNO2. The van der Waals surface area contributed by atoms with E-state index in [1.807, 2.05) is 19.2 Å². The zero-order chi connectivity index (χ0) is 12.7. The Labute approximate surface area is 111 Å². The van der Waals surface area contributed by atoms with Crippen LogP contribution in [-0.4, -0.2) is 36.1 Å². The van der Waals surface area contributed by atoms with Gasteiger partial charge in [-0.2, -0.15) is 0 Å². The number of halogens is 1. The smallest absolute Gasteiger partial charge is 0.303 e. The lowest BCUT2D eigenvalue weighted by Crippen LogP contribution is -2.22. The van der Waals surface area contributed by atoms with E-state index in [4.69, 9.17) is 5.11 Å². The molecule has 0 aromatic heterocycles. The molecule has 1 aromatic rings. The van der Waals surface area contributed by atoms with Crippen LogP contribution in [0.2, 0.25) is 0 Å². The van der Waals surface area contributed by atoms with Gasteiger partial charge in [0.15, 0.2) is 0 Å². The summed E-state index contributed by atoms with van der Waals surface area (Å²) < 4.78 is 1.09. The van der Waals surface area contributed by atoms with Gasteiger partial charge in [-0.05, 0) is 44.1 Å². The van der Waals surface area contributed by atoms with Crippen LogP contribution < -0.4 is 0 Å². The van der Waals surface area contributed by atoms with E-state index in [0.29, 0.717) is 6.42 Å². The van der Waals surface area contributed by atoms with E-state index >= 15 is 0 Å². The molecule has 0 fully saturated rings. The highest BCUT2D eigenvalue weighted by atomic mass is 79.9. The lowest BCUT2D eigenvalue weighted by Gasteiger charge is -2.15. The van der Waals surface area contributed by atoms with Gasteiger partial charge in [0.1, 0.15) is 0 Å². The Morgan fingerprint density at radius 1 is 1.29 bits per heavy atom. The van der Waals surface area contributed by atoms with Crippen molar-refractivity contribution in [2.75, 3.05) is 20.1 Å². The molecule has 0 radical (unpaired) electrons. The third kappa shape index (κ3) is 6.44. The summed E-state index contributed by atoms with van der Waals surface area (Å²) in [5.74, 6) is -0.716. The SMILES string of the molecule is CN(CCCC(=O)O)CCc1ccc(Br)cc1. The highest BCUT2D eigenvalue weighted by Crippen LogP contribution is 2.11. The molecule has 0 aliphatic heterocycles. The molecule has 0 amide bonds. The number of likely N-dealkylation sites (N-methyl/N-ethyl adjacent to an activating group) is 1. The fourth-order valence-corrected chi connectivity index (χ4v) is 1.85. The van der Waals surface area contributed by atoms with Crippen molar-refractivity contribution in [1.29, 1.82) is 0 Å². The molecule has 1 N–H and O–H groups in total. The van der Waals surface area contributed by atoms with E-state index in [1.54, 1.807) is 0 Å². The second kappa shape index (κ2) is 7.45. The second-order valence-corrected chi connectivity index (χ2v) is 5.09. The van der Waals surface area contributed by atoms with Crippen molar-refractivity contribution in [1.82, 2.24) is 4.90 Å². The minimum atomic E-state index is -0.716. The lowest BCUT2D eigenvalue weighted by molar-refractivity contribution is -0.137. The molecule has 0 heterocycles. The molecule has 94 valence electrons. The number of benzene rings is 1. The van der Waals surface area contributed by atoms with Crippen LogP contribution in [0, 0.1) is 0 Å². The van der Waals surface area contributed by atoms with E-state index in [9.17, 15) is 4.79 Å². The molecule has 0 aliphatic carbocycles. The summed E-state index contributed by atoms with van der Waals surface area (Å²) in [5, 5.41) is 8.54. The number of hydrogen-bond acceptors (Lipinski definition) is 2. The molecule has 0 bridgehead atoms. The average molecular weight is 300 g/mol. The Hall–Kier alpha value is -0.870. The Balaban J connectivity index is 2.21. The fourth-order valence-electron chi connectivity index (χ4n) is 1.58. The van der Waals surface area contributed by atoms with Crippen LogP contribution in [0.3, 0.4) is 0 Å². The Morgan fingerprint density at radius 3 is 2.53 bits per heavy atom. The molecule has 4 heteroatoms. The van der Waals surface area contributed by atoms with Crippen LogP contribution in [0.15, 0.2) is 28.7 Å². The Morgan fingerprint density at radius 2 is 1.94 bits per heavy atom. The van der Waals surface area contributed by atoms with Gasteiger partial charge in [0.2, 0.25) is 0 Å². The summed E-state index contributed by atoms with van der Waals surface area (Å²) in [6, 6.07) is 8.30. The molecule has 0 saturated heterocycles. The predicted molar refractivity (Wildman–Crippen MR) is 72.2 cm³/mol. The number of carboxylic acid groups (broad SMARTS) is 1. The molecule has 1 aromatic carbocycles. The van der Waals surface area contributed by atoms with E-state index in [0.717, 1.165) is 24.0 Å². The quantitative estimate of drug-likeness (QED) is 0.842. The minimum absolute atomic E-state index is 0.253. The normalized spacial score (nSPS) is 10.8. The number of carboxylic acids is 1. The number of nitrogens with zero attached hydrogens (tertiary/aromatic N) is 1. The van der Waals surface area contributed by atoms with Crippen LogP contribution in [0.4, 0.5) is 0 Å². The first-order valence-corrected chi connectivity index (χ1v) is 6.52. The lowest BCUT2D eigenvalue weighted by atomic mass is 10.1. The van der Waals surface area contributed by atoms with Crippen molar-refractivity contribution in [2.24, 2.45) is 0 Å². The maximum Gasteiger partial charge on any atom is 0.303 e. The van der Waals surface area contributed by atoms with E-state index in [-0.39, 0.29) is 6.42 Å². The van der Waals surface area contributed by atoms with Crippen molar-refractivity contribution in [2.45, 2.75) is 19.3 Å². The van der Waals surface area contributed by atoms with Crippen molar-refractivity contribution in [3.63, 3.8) is 0 Å². The van der Waals surface area contributed by atoms with Gasteiger partial charge in [-0.3, -0.25) is 4.79 Å². The van der Waals surface area contributed by atoms with Crippen LogP contribution in [0.25, 0.3) is 0 Å². The first kappa shape index (κ1) is 14.2. The highest BCUT2D eigenvalue weighted by molar-refractivity contribution is 9.10. The van der Waals surface area contributed by atoms with Crippen molar-refractivity contribution in [3.05, 3.63) is 34.3 Å². The number of aliphatic carboxylic acids is 1. The molecule has 0 atom stereocenters.